The molecule has 1 saturated heterocycles. The first-order chi connectivity index (χ1) is 14.8. The number of fused-ring (bicyclic) bond motifs is 1. The fraction of sp³-hybridized carbons (Fsp3) is 0.619. The van der Waals surface area contributed by atoms with Gasteiger partial charge >= 0.3 is 0 Å². The molecule has 2 aliphatic heterocycles. The Morgan fingerprint density at radius 1 is 1.16 bits per heavy atom. The summed E-state index contributed by atoms with van der Waals surface area (Å²) >= 11 is 0. The van der Waals surface area contributed by atoms with Crippen molar-refractivity contribution in [1.29, 1.82) is 0 Å². The molecular formula is C21H28N6O3S. The first kappa shape index (κ1) is 20.6. The lowest BCUT2D eigenvalue weighted by atomic mass is 9.97. The number of rotatable bonds is 5. The number of nitrogens with zero attached hydrogens (tertiary/aromatic N) is 6. The number of hydrogen-bond acceptors (Lipinski definition) is 6. The van der Waals surface area contributed by atoms with Crippen molar-refractivity contribution in [3.8, 4) is 0 Å². The van der Waals surface area contributed by atoms with Crippen LogP contribution in [0.15, 0.2) is 17.6 Å². The highest BCUT2D eigenvalue weighted by Gasteiger charge is 2.36. The lowest BCUT2D eigenvalue weighted by molar-refractivity contribution is -0.119. The predicted molar refractivity (Wildman–Crippen MR) is 114 cm³/mol. The van der Waals surface area contributed by atoms with Gasteiger partial charge in [-0.2, -0.15) is 4.31 Å². The lowest BCUT2D eigenvalue weighted by Crippen LogP contribution is -2.41. The summed E-state index contributed by atoms with van der Waals surface area (Å²) in [4.78, 5) is 28.1. The highest BCUT2D eigenvalue weighted by Crippen LogP contribution is 2.36. The van der Waals surface area contributed by atoms with E-state index in [4.69, 9.17) is 9.97 Å². The third-order valence-corrected chi connectivity index (χ3v) is 8.28. The predicted octanol–water partition coefficient (Wildman–Crippen LogP) is 1.78. The number of piperidine rings is 1. The van der Waals surface area contributed by atoms with Crippen molar-refractivity contribution in [3.63, 3.8) is 0 Å². The molecule has 31 heavy (non-hydrogen) atoms. The molecule has 0 spiro atoms. The molecule has 1 saturated carbocycles. The van der Waals surface area contributed by atoms with E-state index in [9.17, 15) is 13.2 Å². The fourth-order valence-corrected chi connectivity index (χ4v) is 6.05. The highest BCUT2D eigenvalue weighted by molar-refractivity contribution is 7.89. The molecule has 2 fully saturated rings. The standard InChI is InChI=1S/C21H28N6O3S/c1-14-17-7-8-19(28)27(10-15-5-6-15)21(17)24-20(23-14)16-4-3-9-26(11-16)31(29,30)18-12-25(2)13-22-18/h12-13,15-16H,3-11H2,1-2H3/t16-/m0/s1. The Morgan fingerprint density at radius 2 is 1.97 bits per heavy atom. The van der Waals surface area contributed by atoms with Gasteiger partial charge in [-0.1, -0.05) is 0 Å². The van der Waals surface area contributed by atoms with Gasteiger partial charge in [0.15, 0.2) is 5.03 Å². The highest BCUT2D eigenvalue weighted by atomic mass is 32.2. The van der Waals surface area contributed by atoms with E-state index in [-0.39, 0.29) is 16.9 Å². The van der Waals surface area contributed by atoms with Crippen molar-refractivity contribution in [1.82, 2.24) is 23.8 Å². The number of anilines is 1. The molecule has 5 rings (SSSR count). The van der Waals surface area contributed by atoms with E-state index in [0.29, 0.717) is 37.7 Å². The number of aryl methyl sites for hydroxylation is 2. The minimum atomic E-state index is -3.66. The van der Waals surface area contributed by atoms with Gasteiger partial charge in [0.1, 0.15) is 11.6 Å². The van der Waals surface area contributed by atoms with Crippen molar-refractivity contribution in [3.05, 3.63) is 29.6 Å². The number of carbonyl (C=O) groups is 1. The molecule has 0 bridgehead atoms. The second-order valence-electron chi connectivity index (χ2n) is 9.00. The van der Waals surface area contributed by atoms with Crippen molar-refractivity contribution in [2.45, 2.75) is 56.4 Å². The smallest absolute Gasteiger partial charge is 0.262 e. The van der Waals surface area contributed by atoms with Gasteiger partial charge < -0.3 is 4.57 Å². The minimum absolute atomic E-state index is 0.0689. The molecule has 166 valence electrons. The molecule has 1 atom stereocenters. The maximum atomic E-state index is 13.1. The van der Waals surface area contributed by atoms with Crippen LogP contribution in [-0.2, 0) is 28.3 Å². The van der Waals surface area contributed by atoms with E-state index in [1.54, 1.807) is 11.6 Å². The molecule has 2 aromatic heterocycles. The summed E-state index contributed by atoms with van der Waals surface area (Å²) in [6.07, 6.45) is 8.09. The molecule has 4 heterocycles. The Balaban J connectivity index is 1.44. The van der Waals surface area contributed by atoms with Crippen LogP contribution in [0.1, 0.15) is 55.1 Å². The van der Waals surface area contributed by atoms with E-state index in [0.717, 1.165) is 36.5 Å². The Morgan fingerprint density at radius 3 is 2.68 bits per heavy atom. The van der Waals surface area contributed by atoms with Crippen molar-refractivity contribution < 1.29 is 13.2 Å². The zero-order valence-corrected chi connectivity index (χ0v) is 18.8. The van der Waals surface area contributed by atoms with Gasteiger partial charge in [0.25, 0.3) is 10.0 Å². The second-order valence-corrected chi connectivity index (χ2v) is 10.9. The van der Waals surface area contributed by atoms with Gasteiger partial charge in [0.05, 0.1) is 6.33 Å². The quantitative estimate of drug-likeness (QED) is 0.697. The molecule has 9 nitrogen and oxygen atoms in total. The average Bonchev–Trinajstić information content (AvgIpc) is 3.47. The van der Waals surface area contributed by atoms with Gasteiger partial charge in [0, 0.05) is 56.5 Å². The molecule has 1 aliphatic carbocycles. The Kier molecular flexibility index (Phi) is 5.09. The summed E-state index contributed by atoms with van der Waals surface area (Å²) in [7, 11) is -1.90. The van der Waals surface area contributed by atoms with Gasteiger partial charge in [-0.15, -0.1) is 0 Å². The second kappa shape index (κ2) is 7.67. The van der Waals surface area contributed by atoms with Crippen LogP contribution in [0.5, 0.6) is 0 Å². The van der Waals surface area contributed by atoms with Crippen LogP contribution in [0.4, 0.5) is 5.82 Å². The van der Waals surface area contributed by atoms with Crippen LogP contribution in [0.3, 0.4) is 0 Å². The summed E-state index contributed by atoms with van der Waals surface area (Å²) < 4.78 is 29.2. The number of imidazole rings is 1. The van der Waals surface area contributed by atoms with E-state index >= 15 is 0 Å². The summed E-state index contributed by atoms with van der Waals surface area (Å²) in [5.74, 6) is 1.99. The van der Waals surface area contributed by atoms with Gasteiger partial charge in [-0.25, -0.2) is 23.4 Å². The topological polar surface area (TPSA) is 101 Å². The zero-order valence-electron chi connectivity index (χ0n) is 18.0. The van der Waals surface area contributed by atoms with Gasteiger partial charge in [0.2, 0.25) is 5.91 Å². The van der Waals surface area contributed by atoms with Gasteiger partial charge in [-0.05, 0) is 44.9 Å². The molecule has 0 unspecified atom stereocenters. The average molecular weight is 445 g/mol. The Labute approximate surface area is 182 Å². The number of aromatic nitrogens is 4. The minimum Gasteiger partial charge on any atom is -0.339 e. The van der Waals surface area contributed by atoms with Crippen molar-refractivity contribution >= 4 is 21.7 Å². The molecular weight excluding hydrogens is 416 g/mol. The summed E-state index contributed by atoms with van der Waals surface area (Å²) in [5, 5.41) is 0.0689. The van der Waals surface area contributed by atoms with Crippen LogP contribution in [0, 0.1) is 12.8 Å². The summed E-state index contributed by atoms with van der Waals surface area (Å²) in [5.41, 5.74) is 1.95. The molecule has 0 radical (unpaired) electrons. The third-order valence-electron chi connectivity index (χ3n) is 6.53. The number of hydrogen-bond donors (Lipinski definition) is 0. The van der Waals surface area contributed by atoms with Crippen molar-refractivity contribution in [2.75, 3.05) is 24.5 Å². The third kappa shape index (κ3) is 3.87. The van der Waals surface area contributed by atoms with Crippen LogP contribution >= 0.6 is 0 Å². The molecule has 10 heteroatoms. The number of carbonyl (C=O) groups excluding carboxylic acids is 1. The SMILES string of the molecule is Cc1nc([C@H]2CCCN(S(=O)(=O)c3cn(C)cn3)C2)nc2c1CCC(=O)N2CC1CC1. The largest absolute Gasteiger partial charge is 0.339 e. The molecule has 2 aromatic rings. The van der Waals surface area contributed by atoms with Gasteiger partial charge in [-0.3, -0.25) is 9.69 Å². The maximum Gasteiger partial charge on any atom is 0.262 e. The van der Waals surface area contributed by atoms with E-state index in [2.05, 4.69) is 4.98 Å². The van der Waals surface area contributed by atoms with Crippen LogP contribution in [0.2, 0.25) is 0 Å². The van der Waals surface area contributed by atoms with Crippen molar-refractivity contribution in [2.24, 2.45) is 13.0 Å². The zero-order chi connectivity index (χ0) is 21.8. The molecule has 1 amide bonds. The molecule has 3 aliphatic rings. The van der Waals surface area contributed by atoms with Crippen LogP contribution in [0.25, 0.3) is 0 Å². The summed E-state index contributed by atoms with van der Waals surface area (Å²) in [6, 6.07) is 0. The fourth-order valence-electron chi connectivity index (χ4n) is 4.56. The van der Waals surface area contributed by atoms with E-state index < -0.39 is 10.0 Å². The Hall–Kier alpha value is -2.33. The number of sulfonamides is 1. The lowest BCUT2D eigenvalue weighted by Gasteiger charge is -2.33. The number of amides is 1. The Bertz CT molecular complexity index is 1120. The van der Waals surface area contributed by atoms with E-state index in [1.165, 1.54) is 29.7 Å². The molecule has 0 aromatic carbocycles. The van der Waals surface area contributed by atoms with Crippen LogP contribution < -0.4 is 4.90 Å². The first-order valence-electron chi connectivity index (χ1n) is 11.0. The normalized spacial score (nSPS) is 22.6. The summed E-state index contributed by atoms with van der Waals surface area (Å²) in [6.45, 7) is 3.49. The monoisotopic (exact) mass is 444 g/mol. The maximum absolute atomic E-state index is 13.1. The molecule has 0 N–H and O–H groups in total. The van der Waals surface area contributed by atoms with E-state index in [1.807, 2.05) is 11.8 Å². The first-order valence-corrected chi connectivity index (χ1v) is 12.4. The van der Waals surface area contributed by atoms with Crippen LogP contribution in [-0.4, -0.2) is 57.8 Å².